The highest BCUT2D eigenvalue weighted by atomic mass is 32.1. The molecule has 0 spiro atoms. The third-order valence-corrected chi connectivity index (χ3v) is 6.12. The molecule has 3 heterocycles. The van der Waals surface area contributed by atoms with E-state index in [9.17, 15) is 0 Å². The predicted octanol–water partition coefficient (Wildman–Crippen LogP) is 2.95. The average Bonchev–Trinajstić information content (AvgIpc) is 3.34. The monoisotopic (exact) mass is 403 g/mol. The lowest BCUT2D eigenvalue weighted by atomic mass is 10.1. The van der Waals surface area contributed by atoms with Gasteiger partial charge >= 0.3 is 0 Å². The summed E-state index contributed by atoms with van der Waals surface area (Å²) >= 11 is 1.82. The Balaban J connectivity index is 1.74. The van der Waals surface area contributed by atoms with Crippen molar-refractivity contribution >= 4 is 17.3 Å². The number of aliphatic imine (C=N–C) groups is 1. The standard InChI is InChI=1S/C21H33N5OS/c1-5-22-21(25(4)16-18-8-6-10-24(18)3)23-14-19(20-9-7-13-28-20)26-11-12-27-17(2)15-26/h6-10,13,17,19H,5,11-12,14-16H2,1-4H3,(H,22,23). The molecule has 28 heavy (non-hydrogen) atoms. The van der Waals surface area contributed by atoms with Crippen LogP contribution in [0.3, 0.4) is 0 Å². The molecule has 2 aromatic rings. The summed E-state index contributed by atoms with van der Waals surface area (Å²) in [6.07, 6.45) is 2.35. The summed E-state index contributed by atoms with van der Waals surface area (Å²) in [5.41, 5.74) is 1.27. The van der Waals surface area contributed by atoms with Crippen LogP contribution in [0.1, 0.15) is 30.5 Å². The average molecular weight is 404 g/mol. The van der Waals surface area contributed by atoms with Crippen LogP contribution in [-0.4, -0.2) is 66.3 Å². The molecule has 3 rings (SSSR count). The van der Waals surface area contributed by atoms with Gasteiger partial charge in [0.05, 0.1) is 31.8 Å². The van der Waals surface area contributed by atoms with Crippen LogP contribution in [0, 0.1) is 0 Å². The van der Waals surface area contributed by atoms with Gasteiger partial charge in [-0.05, 0) is 37.4 Å². The van der Waals surface area contributed by atoms with Crippen molar-refractivity contribution in [2.24, 2.45) is 12.0 Å². The third-order valence-electron chi connectivity index (χ3n) is 5.15. The highest BCUT2D eigenvalue weighted by molar-refractivity contribution is 7.10. The number of rotatable bonds is 7. The Labute approximate surface area is 172 Å². The quantitative estimate of drug-likeness (QED) is 0.570. The Morgan fingerprint density at radius 3 is 2.93 bits per heavy atom. The number of hydrogen-bond donors (Lipinski definition) is 1. The van der Waals surface area contributed by atoms with Crippen molar-refractivity contribution in [2.75, 3.05) is 39.8 Å². The Morgan fingerprint density at radius 2 is 2.29 bits per heavy atom. The SMILES string of the molecule is CCNC(=NCC(c1cccs1)N1CCOC(C)C1)N(C)Cc1cccn1C. The summed E-state index contributed by atoms with van der Waals surface area (Å²) in [5.74, 6) is 0.951. The molecule has 1 fully saturated rings. The second kappa shape index (κ2) is 10.1. The number of nitrogens with one attached hydrogen (secondary N) is 1. The van der Waals surface area contributed by atoms with Crippen molar-refractivity contribution in [2.45, 2.75) is 32.5 Å². The Morgan fingerprint density at radius 1 is 1.43 bits per heavy atom. The van der Waals surface area contributed by atoms with Gasteiger partial charge in [-0.15, -0.1) is 11.3 Å². The van der Waals surface area contributed by atoms with Crippen molar-refractivity contribution in [3.63, 3.8) is 0 Å². The number of ether oxygens (including phenoxy) is 1. The number of nitrogens with zero attached hydrogens (tertiary/aromatic N) is 4. The molecule has 1 aliphatic rings. The molecule has 2 unspecified atom stereocenters. The molecule has 0 bridgehead atoms. The zero-order chi connectivity index (χ0) is 19.9. The summed E-state index contributed by atoms with van der Waals surface area (Å²) < 4.78 is 7.91. The third kappa shape index (κ3) is 5.37. The smallest absolute Gasteiger partial charge is 0.194 e. The molecule has 1 saturated heterocycles. The van der Waals surface area contributed by atoms with Gasteiger partial charge in [0.1, 0.15) is 0 Å². The molecule has 2 atom stereocenters. The molecular weight excluding hydrogens is 370 g/mol. The first-order chi connectivity index (χ1) is 13.6. The zero-order valence-corrected chi connectivity index (χ0v) is 18.3. The number of aromatic nitrogens is 1. The second-order valence-electron chi connectivity index (χ2n) is 7.37. The number of guanidine groups is 1. The van der Waals surface area contributed by atoms with Crippen LogP contribution < -0.4 is 5.32 Å². The van der Waals surface area contributed by atoms with Gasteiger partial charge in [0, 0.05) is 50.5 Å². The first-order valence-corrected chi connectivity index (χ1v) is 10.9. The van der Waals surface area contributed by atoms with Crippen molar-refractivity contribution in [3.05, 3.63) is 46.4 Å². The minimum absolute atomic E-state index is 0.272. The minimum Gasteiger partial charge on any atom is -0.376 e. The normalized spacial score (nSPS) is 19.6. The lowest BCUT2D eigenvalue weighted by Gasteiger charge is -2.36. The highest BCUT2D eigenvalue weighted by Gasteiger charge is 2.26. The lowest BCUT2D eigenvalue weighted by molar-refractivity contribution is -0.0327. The van der Waals surface area contributed by atoms with Crippen LogP contribution in [0.2, 0.25) is 0 Å². The fourth-order valence-corrected chi connectivity index (χ4v) is 4.47. The van der Waals surface area contributed by atoms with Gasteiger partial charge in [0.15, 0.2) is 5.96 Å². The van der Waals surface area contributed by atoms with E-state index in [1.54, 1.807) is 0 Å². The number of thiophene rings is 1. The molecule has 0 saturated carbocycles. The summed E-state index contributed by atoms with van der Waals surface area (Å²) in [7, 11) is 4.19. The van der Waals surface area contributed by atoms with E-state index < -0.39 is 0 Å². The summed E-state index contributed by atoms with van der Waals surface area (Å²) in [4.78, 5) is 11.1. The van der Waals surface area contributed by atoms with E-state index in [1.807, 2.05) is 11.3 Å². The molecule has 0 radical (unpaired) electrons. The van der Waals surface area contributed by atoms with Gasteiger partial charge in [-0.2, -0.15) is 0 Å². The Hall–Kier alpha value is -1.83. The molecule has 7 heteroatoms. The topological polar surface area (TPSA) is 45.0 Å². The van der Waals surface area contributed by atoms with E-state index in [4.69, 9.17) is 9.73 Å². The first-order valence-electron chi connectivity index (χ1n) is 10.1. The fraction of sp³-hybridized carbons (Fsp3) is 0.571. The molecule has 0 aromatic carbocycles. The maximum atomic E-state index is 5.75. The van der Waals surface area contributed by atoms with E-state index in [1.165, 1.54) is 10.6 Å². The van der Waals surface area contributed by atoms with Crippen LogP contribution in [0.25, 0.3) is 0 Å². The first kappa shape index (κ1) is 20.9. The molecule has 154 valence electrons. The van der Waals surface area contributed by atoms with Crippen LogP contribution >= 0.6 is 11.3 Å². The fourth-order valence-electron chi connectivity index (χ4n) is 3.62. The Kier molecular flexibility index (Phi) is 7.53. The largest absolute Gasteiger partial charge is 0.376 e. The predicted molar refractivity (Wildman–Crippen MR) is 117 cm³/mol. The molecular formula is C21H33N5OS. The summed E-state index contributed by atoms with van der Waals surface area (Å²) in [6.45, 7) is 9.40. The van der Waals surface area contributed by atoms with Crippen molar-refractivity contribution in [3.8, 4) is 0 Å². The molecule has 2 aromatic heterocycles. The number of hydrogen-bond acceptors (Lipinski definition) is 4. The van der Waals surface area contributed by atoms with Gasteiger partial charge in [-0.25, -0.2) is 0 Å². The summed E-state index contributed by atoms with van der Waals surface area (Å²) in [6, 6.07) is 8.89. The molecule has 1 aliphatic heterocycles. The van der Waals surface area contributed by atoms with Gasteiger partial charge in [0.25, 0.3) is 0 Å². The summed E-state index contributed by atoms with van der Waals surface area (Å²) in [5, 5.41) is 5.61. The van der Waals surface area contributed by atoms with E-state index in [0.717, 1.165) is 45.3 Å². The van der Waals surface area contributed by atoms with Gasteiger partial charge in [-0.3, -0.25) is 9.89 Å². The maximum Gasteiger partial charge on any atom is 0.194 e. The van der Waals surface area contributed by atoms with Crippen molar-refractivity contribution in [1.82, 2.24) is 19.7 Å². The van der Waals surface area contributed by atoms with Crippen LogP contribution in [0.4, 0.5) is 0 Å². The molecule has 6 nitrogen and oxygen atoms in total. The molecule has 0 aliphatic carbocycles. The molecule has 1 N–H and O–H groups in total. The van der Waals surface area contributed by atoms with Gasteiger partial charge in [-0.1, -0.05) is 6.07 Å². The van der Waals surface area contributed by atoms with Crippen molar-refractivity contribution < 1.29 is 4.74 Å². The van der Waals surface area contributed by atoms with E-state index in [0.29, 0.717) is 6.04 Å². The minimum atomic E-state index is 0.272. The highest BCUT2D eigenvalue weighted by Crippen LogP contribution is 2.27. The molecule has 0 amide bonds. The van der Waals surface area contributed by atoms with Crippen LogP contribution in [0.15, 0.2) is 40.8 Å². The van der Waals surface area contributed by atoms with E-state index in [2.05, 4.69) is 83.5 Å². The lowest BCUT2D eigenvalue weighted by Crippen LogP contribution is -2.44. The van der Waals surface area contributed by atoms with Crippen LogP contribution in [0.5, 0.6) is 0 Å². The van der Waals surface area contributed by atoms with E-state index >= 15 is 0 Å². The zero-order valence-electron chi connectivity index (χ0n) is 17.5. The number of aryl methyl sites for hydroxylation is 1. The maximum absolute atomic E-state index is 5.75. The van der Waals surface area contributed by atoms with Crippen molar-refractivity contribution in [1.29, 1.82) is 0 Å². The second-order valence-corrected chi connectivity index (χ2v) is 8.35. The van der Waals surface area contributed by atoms with E-state index in [-0.39, 0.29) is 6.10 Å². The van der Waals surface area contributed by atoms with Gasteiger partial charge < -0.3 is 19.5 Å². The number of morpholine rings is 1. The van der Waals surface area contributed by atoms with Crippen LogP contribution in [-0.2, 0) is 18.3 Å². The van der Waals surface area contributed by atoms with Gasteiger partial charge in [0.2, 0.25) is 0 Å². The Bertz CT molecular complexity index is 742.